The van der Waals surface area contributed by atoms with Gasteiger partial charge in [-0.3, -0.25) is 0 Å². The summed E-state index contributed by atoms with van der Waals surface area (Å²) in [5, 5.41) is 2.39. The molecular weight excluding hydrogens is 407 g/mol. The quantitative estimate of drug-likeness (QED) is 0.744. The lowest BCUT2D eigenvalue weighted by molar-refractivity contribution is -0.137. The first kappa shape index (κ1) is 18.9. The summed E-state index contributed by atoms with van der Waals surface area (Å²) in [6.07, 6.45) is -4.16. The van der Waals surface area contributed by atoms with Crippen LogP contribution >= 0.6 is 23.2 Å². The Labute approximate surface area is 142 Å². The molecule has 0 saturated carbocycles. The zero-order valence-electron chi connectivity index (χ0n) is 11.0. The molecule has 0 spiro atoms. The van der Waals surface area contributed by atoms with Crippen LogP contribution in [0.15, 0.2) is 23.2 Å². The molecule has 1 aromatic heterocycles. The first-order chi connectivity index (χ1) is 10.8. The van der Waals surface area contributed by atoms with Gasteiger partial charge in [-0.25, -0.2) is 8.89 Å². The molecule has 0 saturated heterocycles. The Morgan fingerprint density at radius 2 is 1.58 bits per heavy atom. The molecule has 4 nitrogen and oxygen atoms in total. The maximum absolute atomic E-state index is 12.7. The monoisotopic (exact) mass is 411 g/mol. The van der Waals surface area contributed by atoms with Gasteiger partial charge in [-0.2, -0.15) is 31.4 Å². The van der Waals surface area contributed by atoms with Gasteiger partial charge >= 0.3 is 11.7 Å². The van der Waals surface area contributed by atoms with Crippen molar-refractivity contribution in [3.8, 4) is 5.69 Å². The summed E-state index contributed by atoms with van der Waals surface area (Å²) in [6.45, 7) is 0. The van der Waals surface area contributed by atoms with E-state index in [9.17, 15) is 30.6 Å². The third-order valence-corrected chi connectivity index (χ3v) is 4.45. The Balaban J connectivity index is 2.59. The number of aromatic nitrogens is 2. The van der Waals surface area contributed by atoms with Crippen molar-refractivity contribution in [1.82, 2.24) is 9.78 Å². The van der Waals surface area contributed by atoms with E-state index >= 15 is 0 Å². The molecule has 24 heavy (non-hydrogen) atoms. The van der Waals surface area contributed by atoms with Crippen molar-refractivity contribution in [1.29, 1.82) is 0 Å². The molecule has 1 atom stereocenters. The van der Waals surface area contributed by atoms with Gasteiger partial charge in [0.25, 0.3) is 0 Å². The van der Waals surface area contributed by atoms with Crippen molar-refractivity contribution in [2.24, 2.45) is 0 Å². The minimum absolute atomic E-state index is 0.366. The number of nitrogens with two attached hydrogens (primary N) is 1. The van der Waals surface area contributed by atoms with Crippen LogP contribution in [0.25, 0.3) is 5.69 Å². The number of alkyl halides is 6. The van der Waals surface area contributed by atoms with E-state index in [4.69, 9.17) is 28.9 Å². The molecule has 2 rings (SSSR count). The molecule has 1 aromatic carbocycles. The second-order valence-electron chi connectivity index (χ2n) is 4.31. The molecule has 13 heteroatoms. The molecule has 1 unspecified atom stereocenters. The van der Waals surface area contributed by atoms with Gasteiger partial charge in [-0.15, -0.1) is 0 Å². The van der Waals surface area contributed by atoms with Crippen LogP contribution in [0.3, 0.4) is 0 Å². The Morgan fingerprint density at radius 3 is 2.00 bits per heavy atom. The van der Waals surface area contributed by atoms with Crippen molar-refractivity contribution in [2.75, 3.05) is 5.73 Å². The maximum Gasteiger partial charge on any atom is 0.476 e. The van der Waals surface area contributed by atoms with Crippen LogP contribution in [-0.4, -0.2) is 19.5 Å². The molecule has 0 bridgehead atoms. The fourth-order valence-corrected chi connectivity index (χ4v) is 3.04. The van der Waals surface area contributed by atoms with Gasteiger partial charge in [0, 0.05) is 0 Å². The van der Waals surface area contributed by atoms with Crippen LogP contribution in [0.2, 0.25) is 10.0 Å². The van der Waals surface area contributed by atoms with Crippen LogP contribution in [0.1, 0.15) is 5.56 Å². The van der Waals surface area contributed by atoms with Gasteiger partial charge in [0.2, 0.25) is 0 Å². The average molecular weight is 412 g/mol. The van der Waals surface area contributed by atoms with E-state index in [1.165, 1.54) is 0 Å². The second-order valence-corrected chi connectivity index (χ2v) is 6.56. The Morgan fingerprint density at radius 1 is 1.08 bits per heavy atom. The lowest BCUT2D eigenvalue weighted by atomic mass is 10.2. The van der Waals surface area contributed by atoms with Gasteiger partial charge in [0.05, 0.1) is 21.8 Å². The minimum Gasteiger partial charge on any atom is -0.383 e. The van der Waals surface area contributed by atoms with Crippen LogP contribution in [0, 0.1) is 0 Å². The minimum atomic E-state index is -5.09. The summed E-state index contributed by atoms with van der Waals surface area (Å²) in [7, 11) is -3.47. The smallest absolute Gasteiger partial charge is 0.383 e. The molecular formula is C11H5Cl2F6N3OS. The lowest BCUT2D eigenvalue weighted by Crippen LogP contribution is -2.17. The van der Waals surface area contributed by atoms with E-state index < -0.39 is 48.8 Å². The van der Waals surface area contributed by atoms with Crippen LogP contribution in [-0.2, 0) is 17.0 Å². The third kappa shape index (κ3) is 3.47. The van der Waals surface area contributed by atoms with Crippen molar-refractivity contribution < 1.29 is 30.6 Å². The average Bonchev–Trinajstić information content (AvgIpc) is 2.77. The second kappa shape index (κ2) is 6.12. The SMILES string of the molecule is Nc1c(S(=O)C(F)(F)F)cnn1-c1c(Cl)cc(C(F)(F)F)cc1Cl. The Kier molecular flexibility index (Phi) is 4.81. The highest BCUT2D eigenvalue weighted by Gasteiger charge is 2.40. The predicted octanol–water partition coefficient (Wildman–Crippen LogP) is 4.41. The van der Waals surface area contributed by atoms with Gasteiger partial charge in [0.1, 0.15) is 16.4 Å². The van der Waals surface area contributed by atoms with E-state index in [0.29, 0.717) is 23.0 Å². The van der Waals surface area contributed by atoms with E-state index in [-0.39, 0.29) is 5.69 Å². The standard InChI is InChI=1S/C11H5Cl2F6N3OS/c12-5-1-4(10(14,15)16)2-6(13)8(5)22-9(20)7(3-21-22)24(23)11(17,18)19/h1-3H,20H2. The molecule has 0 radical (unpaired) electrons. The van der Waals surface area contributed by atoms with Crippen molar-refractivity contribution >= 4 is 39.8 Å². The molecule has 0 aliphatic heterocycles. The summed E-state index contributed by atoms with van der Waals surface area (Å²) in [5.74, 6) is -0.714. The Bertz CT molecular complexity index is 794. The fraction of sp³-hybridized carbons (Fsp3) is 0.182. The number of rotatable bonds is 2. The highest BCUT2D eigenvalue weighted by molar-refractivity contribution is 7.86. The summed E-state index contributed by atoms with van der Waals surface area (Å²) in [4.78, 5) is -0.866. The van der Waals surface area contributed by atoms with Crippen LogP contribution in [0.5, 0.6) is 0 Å². The molecule has 2 N–H and O–H groups in total. The number of anilines is 1. The highest BCUT2D eigenvalue weighted by Crippen LogP contribution is 2.39. The largest absolute Gasteiger partial charge is 0.476 e. The molecule has 0 amide bonds. The Hall–Kier alpha value is -1.46. The molecule has 0 aliphatic carbocycles. The first-order valence-electron chi connectivity index (χ1n) is 5.72. The molecule has 0 fully saturated rings. The van der Waals surface area contributed by atoms with E-state index in [1.807, 2.05) is 0 Å². The molecule has 0 aliphatic rings. The normalized spacial score (nSPS) is 14.0. The third-order valence-electron chi connectivity index (χ3n) is 2.74. The molecule has 2 aromatic rings. The zero-order chi connectivity index (χ0) is 18.4. The summed E-state index contributed by atoms with van der Waals surface area (Å²) < 4.78 is 87.4. The maximum atomic E-state index is 12.7. The van der Waals surface area contributed by atoms with Crippen LogP contribution < -0.4 is 5.73 Å². The molecule has 132 valence electrons. The van der Waals surface area contributed by atoms with Gasteiger partial charge in [0.15, 0.2) is 10.8 Å². The van der Waals surface area contributed by atoms with Crippen molar-refractivity contribution in [2.45, 2.75) is 16.6 Å². The zero-order valence-corrected chi connectivity index (χ0v) is 13.4. The van der Waals surface area contributed by atoms with E-state index in [0.717, 1.165) is 0 Å². The highest BCUT2D eigenvalue weighted by atomic mass is 35.5. The summed E-state index contributed by atoms with van der Waals surface area (Å²) >= 11 is 11.5. The number of nitrogens with zero attached hydrogens (tertiary/aromatic N) is 2. The fourth-order valence-electron chi connectivity index (χ4n) is 1.72. The predicted molar refractivity (Wildman–Crippen MR) is 75.5 cm³/mol. The number of hydrogen-bond donors (Lipinski definition) is 1. The van der Waals surface area contributed by atoms with Crippen molar-refractivity contribution in [3.05, 3.63) is 33.9 Å². The van der Waals surface area contributed by atoms with Crippen molar-refractivity contribution in [3.63, 3.8) is 0 Å². The lowest BCUT2D eigenvalue weighted by Gasteiger charge is -2.13. The van der Waals surface area contributed by atoms with Crippen LogP contribution in [0.4, 0.5) is 32.2 Å². The summed E-state index contributed by atoms with van der Waals surface area (Å²) in [6, 6.07) is 1.04. The van der Waals surface area contributed by atoms with Gasteiger partial charge in [-0.05, 0) is 12.1 Å². The van der Waals surface area contributed by atoms with E-state index in [1.54, 1.807) is 0 Å². The number of hydrogen-bond acceptors (Lipinski definition) is 3. The number of nitrogen functional groups attached to an aromatic ring is 1. The van der Waals surface area contributed by atoms with E-state index in [2.05, 4.69) is 5.10 Å². The first-order valence-corrected chi connectivity index (χ1v) is 7.63. The summed E-state index contributed by atoms with van der Waals surface area (Å²) in [5.41, 5.74) is -1.15. The van der Waals surface area contributed by atoms with Gasteiger partial charge in [-0.1, -0.05) is 23.2 Å². The number of benzene rings is 1. The topological polar surface area (TPSA) is 60.9 Å². The number of halogens is 8. The van der Waals surface area contributed by atoms with Gasteiger partial charge < -0.3 is 5.73 Å². The molecule has 1 heterocycles.